The lowest BCUT2D eigenvalue weighted by Crippen LogP contribution is -2.30. The third-order valence-corrected chi connectivity index (χ3v) is 6.52. The van der Waals surface area contributed by atoms with Gasteiger partial charge in [-0.15, -0.1) is 0 Å². The highest BCUT2D eigenvalue weighted by molar-refractivity contribution is 8.26. The van der Waals surface area contributed by atoms with Crippen molar-refractivity contribution in [2.24, 2.45) is 0 Å². The molecule has 1 aliphatic rings. The van der Waals surface area contributed by atoms with Crippen LogP contribution in [-0.4, -0.2) is 35.9 Å². The van der Waals surface area contributed by atoms with Gasteiger partial charge in [0.2, 0.25) is 0 Å². The Kier molecular flexibility index (Phi) is 6.82. The molecule has 6 nitrogen and oxygen atoms in total. The molecule has 4 rings (SSSR count). The zero-order valence-electron chi connectivity index (χ0n) is 18.0. The highest BCUT2D eigenvalue weighted by Gasteiger charge is 2.32. The van der Waals surface area contributed by atoms with E-state index < -0.39 is 0 Å². The highest BCUT2D eigenvalue weighted by atomic mass is 32.2. The number of methoxy groups -OCH3 is 2. The van der Waals surface area contributed by atoms with Gasteiger partial charge < -0.3 is 13.9 Å². The number of ether oxygens (including phenoxy) is 2. The Labute approximate surface area is 201 Å². The first-order chi connectivity index (χ1) is 16.0. The minimum atomic E-state index is -0.137. The normalized spacial score (nSPS) is 14.6. The Balaban J connectivity index is 1.45. The van der Waals surface area contributed by atoms with Crippen molar-refractivity contribution in [3.05, 3.63) is 76.4 Å². The molecule has 3 aromatic rings. The topological polar surface area (TPSA) is 75.7 Å². The highest BCUT2D eigenvalue weighted by Crippen LogP contribution is 2.34. The molecule has 0 aliphatic carbocycles. The Bertz CT molecular complexity index is 1270. The number of thioether (sulfide) groups is 1. The van der Waals surface area contributed by atoms with Gasteiger partial charge in [-0.3, -0.25) is 9.69 Å². The summed E-state index contributed by atoms with van der Waals surface area (Å²) in [5, 5.41) is 8.94. The number of carbonyl (C=O) groups is 1. The molecule has 0 unspecified atom stereocenters. The van der Waals surface area contributed by atoms with E-state index >= 15 is 0 Å². The van der Waals surface area contributed by atoms with Crippen molar-refractivity contribution in [2.75, 3.05) is 20.8 Å². The molecular weight excluding hydrogens is 456 g/mol. The van der Waals surface area contributed by atoms with Crippen LogP contribution in [-0.2, 0) is 11.2 Å². The fourth-order valence-corrected chi connectivity index (χ4v) is 4.68. The monoisotopic (exact) mass is 476 g/mol. The second-order valence-electron chi connectivity index (χ2n) is 7.16. The summed E-state index contributed by atoms with van der Waals surface area (Å²) in [6.45, 7) is 0.464. The van der Waals surface area contributed by atoms with Crippen molar-refractivity contribution in [3.63, 3.8) is 0 Å². The van der Waals surface area contributed by atoms with E-state index in [2.05, 4.69) is 6.07 Å². The number of hydrogen-bond acceptors (Lipinski definition) is 7. The van der Waals surface area contributed by atoms with Crippen LogP contribution in [0.25, 0.3) is 17.4 Å². The van der Waals surface area contributed by atoms with Crippen LogP contribution in [0, 0.1) is 11.3 Å². The average molecular weight is 477 g/mol. The molecule has 2 aromatic carbocycles. The van der Waals surface area contributed by atoms with Crippen LogP contribution in [0.4, 0.5) is 0 Å². The number of nitrogens with zero attached hydrogens (tertiary/aromatic N) is 2. The van der Waals surface area contributed by atoms with Crippen molar-refractivity contribution in [1.82, 2.24) is 4.90 Å². The van der Waals surface area contributed by atoms with Crippen molar-refractivity contribution >= 4 is 40.3 Å². The number of furan rings is 1. The maximum absolute atomic E-state index is 12.9. The lowest BCUT2D eigenvalue weighted by Gasteiger charge is -2.15. The van der Waals surface area contributed by atoms with Gasteiger partial charge in [-0.05, 0) is 60.5 Å². The Morgan fingerprint density at radius 1 is 1.09 bits per heavy atom. The summed E-state index contributed by atoms with van der Waals surface area (Å²) in [4.78, 5) is 15.1. The zero-order chi connectivity index (χ0) is 23.4. The summed E-state index contributed by atoms with van der Waals surface area (Å²) in [7, 11) is 3.19. The van der Waals surface area contributed by atoms with Crippen LogP contribution < -0.4 is 9.47 Å². The summed E-state index contributed by atoms with van der Waals surface area (Å²) in [5.41, 5.74) is 2.46. The predicted octanol–water partition coefficient (Wildman–Crippen LogP) is 5.28. The minimum absolute atomic E-state index is 0.137. The number of thiocarbonyl (C=S) groups is 1. The SMILES string of the molecule is COc1ccc(CCN2C(=O)/C(=C\c3ccc(-c4ccc(C#N)cc4)o3)SC2=S)cc1OC. The fourth-order valence-electron chi connectivity index (χ4n) is 3.39. The minimum Gasteiger partial charge on any atom is -0.493 e. The lowest BCUT2D eigenvalue weighted by molar-refractivity contribution is -0.122. The standard InChI is InChI=1S/C25H20N2O4S2/c1-29-21-9-5-16(13-22(21)30-2)11-12-27-24(28)23(33-25(27)32)14-19-8-10-20(31-19)18-6-3-17(15-26)4-7-18/h3-10,13-14H,11-12H2,1-2H3/b23-14+. The molecule has 1 aromatic heterocycles. The van der Waals surface area contributed by atoms with E-state index in [0.717, 1.165) is 11.1 Å². The molecule has 1 saturated heterocycles. The molecule has 0 radical (unpaired) electrons. The smallest absolute Gasteiger partial charge is 0.266 e. The Morgan fingerprint density at radius 3 is 2.55 bits per heavy atom. The van der Waals surface area contributed by atoms with Gasteiger partial charge in [-0.25, -0.2) is 0 Å². The van der Waals surface area contributed by atoms with Crippen molar-refractivity contribution in [1.29, 1.82) is 5.26 Å². The third-order valence-electron chi connectivity index (χ3n) is 5.14. The second-order valence-corrected chi connectivity index (χ2v) is 8.84. The quantitative estimate of drug-likeness (QED) is 0.339. The van der Waals surface area contributed by atoms with Crippen LogP contribution in [0.3, 0.4) is 0 Å². The van der Waals surface area contributed by atoms with E-state index in [1.165, 1.54) is 11.8 Å². The van der Waals surface area contributed by atoms with Gasteiger partial charge in [0.25, 0.3) is 5.91 Å². The second kappa shape index (κ2) is 9.94. The van der Waals surface area contributed by atoms with Crippen LogP contribution in [0.1, 0.15) is 16.9 Å². The van der Waals surface area contributed by atoms with Crippen LogP contribution in [0.2, 0.25) is 0 Å². The van der Waals surface area contributed by atoms with Crippen LogP contribution in [0.5, 0.6) is 11.5 Å². The van der Waals surface area contributed by atoms with Gasteiger partial charge in [0.15, 0.2) is 11.5 Å². The third kappa shape index (κ3) is 4.95. The first-order valence-corrected chi connectivity index (χ1v) is 11.3. The first kappa shape index (κ1) is 22.6. The van der Waals surface area contributed by atoms with Crippen LogP contribution >= 0.6 is 24.0 Å². The number of amides is 1. The predicted molar refractivity (Wildman–Crippen MR) is 132 cm³/mol. The number of nitriles is 1. The number of hydrogen-bond donors (Lipinski definition) is 0. The van der Waals surface area contributed by atoms with Gasteiger partial charge in [0, 0.05) is 18.2 Å². The first-order valence-electron chi connectivity index (χ1n) is 10.1. The number of rotatable bonds is 7. The largest absolute Gasteiger partial charge is 0.493 e. The van der Waals surface area contributed by atoms with Crippen LogP contribution in [0.15, 0.2) is 63.9 Å². The molecule has 0 spiro atoms. The molecule has 1 fully saturated rings. The number of benzene rings is 2. The van der Waals surface area contributed by atoms with Gasteiger partial charge in [-0.2, -0.15) is 5.26 Å². The summed E-state index contributed by atoms with van der Waals surface area (Å²) in [6.07, 6.45) is 2.34. The molecule has 166 valence electrons. The summed E-state index contributed by atoms with van der Waals surface area (Å²) < 4.78 is 17.0. The van der Waals surface area contributed by atoms with Crippen molar-refractivity contribution < 1.29 is 18.7 Å². The average Bonchev–Trinajstić information content (AvgIpc) is 3.41. The van der Waals surface area contributed by atoms with E-state index in [1.54, 1.807) is 37.3 Å². The van der Waals surface area contributed by atoms with E-state index in [4.69, 9.17) is 31.4 Å². The van der Waals surface area contributed by atoms with Crippen molar-refractivity contribution in [3.8, 4) is 28.9 Å². The van der Waals surface area contributed by atoms with E-state index in [9.17, 15) is 4.79 Å². The molecule has 1 amide bonds. The molecule has 2 heterocycles. The maximum atomic E-state index is 12.9. The van der Waals surface area contributed by atoms with E-state index in [-0.39, 0.29) is 5.91 Å². The molecule has 8 heteroatoms. The number of carbonyl (C=O) groups excluding carboxylic acids is 1. The summed E-state index contributed by atoms with van der Waals surface area (Å²) >= 11 is 6.71. The van der Waals surface area contributed by atoms with Gasteiger partial charge >= 0.3 is 0 Å². The van der Waals surface area contributed by atoms with E-state index in [1.807, 2.05) is 42.5 Å². The Morgan fingerprint density at radius 2 is 1.85 bits per heavy atom. The molecular formula is C25H20N2O4S2. The summed E-state index contributed by atoms with van der Waals surface area (Å²) in [6, 6.07) is 18.6. The molecule has 33 heavy (non-hydrogen) atoms. The molecule has 0 N–H and O–H groups in total. The van der Waals surface area contributed by atoms with Crippen molar-refractivity contribution in [2.45, 2.75) is 6.42 Å². The van der Waals surface area contributed by atoms with Gasteiger partial charge in [0.1, 0.15) is 15.8 Å². The molecule has 1 aliphatic heterocycles. The zero-order valence-corrected chi connectivity index (χ0v) is 19.7. The molecule has 0 atom stereocenters. The molecule has 0 bridgehead atoms. The summed E-state index contributed by atoms with van der Waals surface area (Å²) in [5.74, 6) is 2.40. The Hall–Kier alpha value is -3.54. The molecule has 0 saturated carbocycles. The maximum Gasteiger partial charge on any atom is 0.266 e. The van der Waals surface area contributed by atoms with E-state index in [0.29, 0.717) is 50.8 Å². The van der Waals surface area contributed by atoms with Gasteiger partial charge in [0.05, 0.1) is 30.8 Å². The lowest BCUT2D eigenvalue weighted by atomic mass is 10.1. The van der Waals surface area contributed by atoms with Gasteiger partial charge in [-0.1, -0.05) is 30.0 Å². The fraction of sp³-hybridized carbons (Fsp3) is 0.160.